The molecule has 254 valence electrons. The van der Waals surface area contributed by atoms with Gasteiger partial charge in [0.2, 0.25) is 20.0 Å². The molecule has 48 heavy (non-hydrogen) atoms. The van der Waals surface area contributed by atoms with Gasteiger partial charge in [-0.05, 0) is 74.2 Å². The number of nitrogens with one attached hydrogen (secondary N) is 2. The second-order valence-electron chi connectivity index (χ2n) is 11.7. The molecule has 0 saturated carbocycles. The van der Waals surface area contributed by atoms with Crippen LogP contribution in [0.25, 0.3) is 11.4 Å². The summed E-state index contributed by atoms with van der Waals surface area (Å²) in [5.74, 6) is -0.850. The molecule has 2 aliphatic rings. The van der Waals surface area contributed by atoms with Crippen molar-refractivity contribution in [1.82, 2.24) is 18.6 Å². The highest BCUT2D eigenvalue weighted by molar-refractivity contribution is 7.89. The molecule has 2 fully saturated rings. The van der Waals surface area contributed by atoms with Crippen LogP contribution >= 0.6 is 22.7 Å². The molecule has 0 bridgehead atoms. The summed E-state index contributed by atoms with van der Waals surface area (Å²) in [4.78, 5) is 35.0. The molecular formula is C32H36N6O6S4. The lowest BCUT2D eigenvalue weighted by molar-refractivity contribution is 0.101. The third-order valence-corrected chi connectivity index (χ3v) is 13.7. The third-order valence-electron chi connectivity index (χ3n) is 8.35. The second kappa shape index (κ2) is 14.9. The highest BCUT2D eigenvalue weighted by atomic mass is 32.2. The standard InChI is InChI=1S/C32H36N6O6S4/c39-29(23-9-13-25(14-10-23)47(41,42)37-17-5-1-2-6-18-37)35-31-33-27(21-45-31)28-22-46-32(34-28)36-30(40)24-11-15-26(16-12-24)48(43,44)38-19-7-3-4-8-20-38/h9-16,21-22H,1-8,17-20H2,(H,33,35,39)(H,34,36,40). The molecule has 2 amide bonds. The molecule has 4 aromatic rings. The van der Waals surface area contributed by atoms with Gasteiger partial charge >= 0.3 is 0 Å². The van der Waals surface area contributed by atoms with Crippen LogP contribution in [0.2, 0.25) is 0 Å². The van der Waals surface area contributed by atoms with Crippen molar-refractivity contribution >= 4 is 64.8 Å². The van der Waals surface area contributed by atoms with E-state index in [1.54, 1.807) is 10.8 Å². The minimum atomic E-state index is -3.61. The highest BCUT2D eigenvalue weighted by Crippen LogP contribution is 2.29. The van der Waals surface area contributed by atoms with Crippen molar-refractivity contribution in [3.05, 3.63) is 70.4 Å². The monoisotopic (exact) mass is 728 g/mol. The van der Waals surface area contributed by atoms with E-state index in [9.17, 15) is 26.4 Å². The fourth-order valence-electron chi connectivity index (χ4n) is 5.65. The lowest BCUT2D eigenvalue weighted by Crippen LogP contribution is -2.31. The maximum absolute atomic E-state index is 13.1. The van der Waals surface area contributed by atoms with E-state index in [0.717, 1.165) is 51.4 Å². The SMILES string of the molecule is O=C(Nc1nc(-c2csc(NC(=O)c3ccc(S(=O)(=O)N4CCCCCC4)cc3)n2)cs1)c1ccc(S(=O)(=O)N2CCCCCC2)cc1. The van der Waals surface area contributed by atoms with Crippen LogP contribution < -0.4 is 10.6 Å². The van der Waals surface area contributed by atoms with Gasteiger partial charge in [0.1, 0.15) is 11.4 Å². The quantitative estimate of drug-likeness (QED) is 0.216. The first-order valence-electron chi connectivity index (χ1n) is 15.9. The number of thiazole rings is 2. The van der Waals surface area contributed by atoms with Gasteiger partial charge in [-0.1, -0.05) is 25.7 Å². The molecule has 2 aromatic carbocycles. The number of anilines is 2. The lowest BCUT2D eigenvalue weighted by Gasteiger charge is -2.20. The number of nitrogens with zero attached hydrogens (tertiary/aromatic N) is 4. The summed E-state index contributed by atoms with van der Waals surface area (Å²) in [5, 5.41) is 9.63. The van der Waals surface area contributed by atoms with Crippen LogP contribution in [0.1, 0.15) is 72.1 Å². The summed E-state index contributed by atoms with van der Waals surface area (Å²) in [5.41, 5.74) is 1.61. The van der Waals surface area contributed by atoms with Gasteiger partial charge in [0.05, 0.1) is 9.79 Å². The Bertz CT molecular complexity index is 1820. The molecule has 4 heterocycles. The van der Waals surface area contributed by atoms with Gasteiger partial charge in [-0.15, -0.1) is 22.7 Å². The number of rotatable bonds is 9. The summed E-state index contributed by atoms with van der Waals surface area (Å²) >= 11 is 2.42. The summed E-state index contributed by atoms with van der Waals surface area (Å²) in [6.45, 7) is 2.02. The average molecular weight is 729 g/mol. The molecule has 0 spiro atoms. The lowest BCUT2D eigenvalue weighted by atomic mass is 10.2. The van der Waals surface area contributed by atoms with Crippen LogP contribution in [0.5, 0.6) is 0 Å². The van der Waals surface area contributed by atoms with Crippen LogP contribution in [-0.2, 0) is 20.0 Å². The van der Waals surface area contributed by atoms with Crippen molar-refractivity contribution in [1.29, 1.82) is 0 Å². The maximum atomic E-state index is 13.1. The smallest absolute Gasteiger partial charge is 0.257 e. The summed E-state index contributed by atoms with van der Waals surface area (Å²) in [7, 11) is -7.22. The normalized spacial score (nSPS) is 16.9. The minimum Gasteiger partial charge on any atom is -0.298 e. The van der Waals surface area contributed by atoms with Crippen molar-refractivity contribution in [2.24, 2.45) is 0 Å². The fourth-order valence-corrected chi connectivity index (χ4v) is 10.1. The second-order valence-corrected chi connectivity index (χ2v) is 17.3. The molecule has 12 nitrogen and oxygen atoms in total. The summed E-state index contributed by atoms with van der Waals surface area (Å²) < 4.78 is 55.3. The molecule has 0 atom stereocenters. The Kier molecular flexibility index (Phi) is 10.7. The number of benzene rings is 2. The van der Waals surface area contributed by atoms with Crippen LogP contribution in [0.15, 0.2) is 69.1 Å². The van der Waals surface area contributed by atoms with Crippen LogP contribution in [0.3, 0.4) is 0 Å². The minimum absolute atomic E-state index is 0.164. The van der Waals surface area contributed by atoms with Gasteiger partial charge in [0.15, 0.2) is 10.3 Å². The van der Waals surface area contributed by atoms with E-state index in [1.165, 1.54) is 79.8 Å². The van der Waals surface area contributed by atoms with Gasteiger partial charge in [0, 0.05) is 48.1 Å². The van der Waals surface area contributed by atoms with Gasteiger partial charge in [0.25, 0.3) is 11.8 Å². The molecule has 0 unspecified atom stereocenters. The average Bonchev–Trinajstić information content (AvgIpc) is 3.52. The van der Waals surface area contributed by atoms with E-state index in [1.807, 2.05) is 0 Å². The van der Waals surface area contributed by atoms with Gasteiger partial charge < -0.3 is 0 Å². The number of carbonyl (C=O) groups is 2. The zero-order valence-electron chi connectivity index (χ0n) is 26.1. The number of hydrogen-bond acceptors (Lipinski definition) is 10. The Hall–Kier alpha value is -3.54. The molecule has 16 heteroatoms. The van der Waals surface area contributed by atoms with Crippen molar-refractivity contribution in [3.8, 4) is 11.4 Å². The van der Waals surface area contributed by atoms with Crippen molar-refractivity contribution in [2.45, 2.75) is 61.2 Å². The molecule has 2 aliphatic heterocycles. The first kappa shape index (κ1) is 34.3. The highest BCUT2D eigenvalue weighted by Gasteiger charge is 2.27. The van der Waals surface area contributed by atoms with Crippen molar-refractivity contribution in [2.75, 3.05) is 36.8 Å². The van der Waals surface area contributed by atoms with Gasteiger partial charge in [-0.3, -0.25) is 20.2 Å². The Morgan fingerprint density at radius 3 is 1.21 bits per heavy atom. The number of carbonyl (C=O) groups excluding carboxylic acids is 2. The van der Waals surface area contributed by atoms with E-state index >= 15 is 0 Å². The van der Waals surface area contributed by atoms with Gasteiger partial charge in [-0.25, -0.2) is 26.8 Å². The predicted molar refractivity (Wildman–Crippen MR) is 186 cm³/mol. The molecular weight excluding hydrogens is 693 g/mol. The molecule has 0 aliphatic carbocycles. The summed E-state index contributed by atoms with van der Waals surface area (Å²) in [6.07, 6.45) is 7.46. The first-order chi connectivity index (χ1) is 23.1. The Morgan fingerprint density at radius 2 is 0.875 bits per heavy atom. The third kappa shape index (κ3) is 7.84. The van der Waals surface area contributed by atoms with Gasteiger partial charge in [-0.2, -0.15) is 8.61 Å². The molecule has 0 radical (unpaired) electrons. The molecule has 2 aromatic heterocycles. The Morgan fingerprint density at radius 1 is 0.542 bits per heavy atom. The maximum Gasteiger partial charge on any atom is 0.257 e. The molecule has 6 rings (SSSR count). The number of sulfonamides is 2. The predicted octanol–water partition coefficient (Wildman–Crippen LogP) is 5.90. The van der Waals surface area contributed by atoms with Crippen molar-refractivity contribution in [3.63, 3.8) is 0 Å². The fraction of sp³-hybridized carbons (Fsp3) is 0.375. The Labute approximate surface area is 288 Å². The first-order valence-corrected chi connectivity index (χ1v) is 20.5. The number of aromatic nitrogens is 2. The molecule has 2 N–H and O–H groups in total. The Balaban J connectivity index is 1.05. The topological polar surface area (TPSA) is 159 Å². The van der Waals surface area contributed by atoms with Crippen molar-refractivity contribution < 1.29 is 26.4 Å². The van der Waals surface area contributed by atoms with Crippen LogP contribution in [0.4, 0.5) is 10.3 Å². The number of hydrogen-bond donors (Lipinski definition) is 2. The van der Waals surface area contributed by atoms with E-state index < -0.39 is 31.9 Å². The van der Waals surface area contributed by atoms with E-state index in [-0.39, 0.29) is 9.79 Å². The van der Waals surface area contributed by atoms with Crippen LogP contribution in [-0.4, -0.2) is 73.4 Å². The van der Waals surface area contributed by atoms with E-state index in [0.29, 0.717) is 59.0 Å². The van der Waals surface area contributed by atoms with E-state index in [4.69, 9.17) is 0 Å². The zero-order chi connectivity index (χ0) is 33.7. The van der Waals surface area contributed by atoms with E-state index in [2.05, 4.69) is 20.6 Å². The van der Waals surface area contributed by atoms with Crippen LogP contribution in [0, 0.1) is 0 Å². The largest absolute Gasteiger partial charge is 0.298 e. The molecule has 2 saturated heterocycles. The zero-order valence-corrected chi connectivity index (χ0v) is 29.4. The number of amides is 2. The summed E-state index contributed by atoms with van der Waals surface area (Å²) in [6, 6.07) is 11.8.